The van der Waals surface area contributed by atoms with E-state index in [0.717, 1.165) is 16.5 Å². The first-order chi connectivity index (χ1) is 10.6. The predicted molar refractivity (Wildman–Crippen MR) is 88.4 cm³/mol. The van der Waals surface area contributed by atoms with E-state index in [1.54, 1.807) is 6.20 Å². The maximum Gasteiger partial charge on any atom is 0.230 e. The molecule has 2 aromatic rings. The van der Waals surface area contributed by atoms with Crippen molar-refractivity contribution in [3.63, 3.8) is 0 Å². The second kappa shape index (κ2) is 7.89. The normalized spacial score (nSPS) is 10.5. The minimum atomic E-state index is -0.0165. The number of nitrogens with one attached hydrogen (secondary N) is 1. The van der Waals surface area contributed by atoms with Crippen LogP contribution in [0.5, 0.6) is 5.75 Å². The summed E-state index contributed by atoms with van der Waals surface area (Å²) in [4.78, 5) is 15.9. The van der Waals surface area contributed by atoms with E-state index in [1.807, 2.05) is 36.9 Å². The van der Waals surface area contributed by atoms with Crippen molar-refractivity contribution in [2.45, 2.75) is 19.0 Å². The lowest BCUT2D eigenvalue weighted by Crippen LogP contribution is -2.29. The Morgan fingerprint density at radius 1 is 1.41 bits per heavy atom. The summed E-state index contributed by atoms with van der Waals surface area (Å²) in [5.41, 5.74) is 2.32. The van der Waals surface area contributed by atoms with Gasteiger partial charge in [-0.2, -0.15) is 0 Å². The molecule has 0 aliphatic rings. The monoisotopic (exact) mass is 319 g/mol. The third kappa shape index (κ3) is 4.80. The molecule has 2 rings (SSSR count). The lowest BCUT2D eigenvalue weighted by molar-refractivity contribution is -0.118. The van der Waals surface area contributed by atoms with E-state index < -0.39 is 0 Å². The quantitative estimate of drug-likeness (QED) is 0.628. The Bertz CT molecular complexity index is 640. The largest absolute Gasteiger partial charge is 0.491 e. The SMILES string of the molecule is Cc1ccc(OCCNC(=O)CSc2nccn2C)c(C)c1. The molecule has 1 aromatic carbocycles. The van der Waals surface area contributed by atoms with Gasteiger partial charge in [-0.25, -0.2) is 4.98 Å². The molecule has 0 atom stereocenters. The molecule has 0 aliphatic carbocycles. The van der Waals surface area contributed by atoms with Gasteiger partial charge in [0.25, 0.3) is 0 Å². The van der Waals surface area contributed by atoms with Gasteiger partial charge in [-0.3, -0.25) is 4.79 Å². The van der Waals surface area contributed by atoms with Gasteiger partial charge in [0.15, 0.2) is 5.16 Å². The molecule has 0 aliphatic heterocycles. The topological polar surface area (TPSA) is 56.1 Å². The van der Waals surface area contributed by atoms with Gasteiger partial charge in [0, 0.05) is 19.4 Å². The summed E-state index contributed by atoms with van der Waals surface area (Å²) in [6, 6.07) is 6.06. The summed E-state index contributed by atoms with van der Waals surface area (Å²) in [6.07, 6.45) is 3.58. The Morgan fingerprint density at radius 3 is 2.91 bits per heavy atom. The summed E-state index contributed by atoms with van der Waals surface area (Å²) in [7, 11) is 1.91. The molecule has 0 unspecified atom stereocenters. The summed E-state index contributed by atoms with van der Waals surface area (Å²) in [6.45, 7) is 5.02. The number of thioether (sulfide) groups is 1. The first kappa shape index (κ1) is 16.4. The number of imidazole rings is 1. The Balaban J connectivity index is 1.66. The zero-order valence-corrected chi connectivity index (χ0v) is 13.9. The Kier molecular flexibility index (Phi) is 5.89. The van der Waals surface area contributed by atoms with Crippen LogP contribution in [-0.4, -0.2) is 34.4 Å². The van der Waals surface area contributed by atoms with Crippen molar-refractivity contribution in [3.8, 4) is 5.75 Å². The molecule has 0 spiro atoms. The van der Waals surface area contributed by atoms with Gasteiger partial charge >= 0.3 is 0 Å². The van der Waals surface area contributed by atoms with E-state index in [0.29, 0.717) is 18.9 Å². The third-order valence-corrected chi connectivity index (χ3v) is 4.18. The highest BCUT2D eigenvalue weighted by molar-refractivity contribution is 7.99. The fourth-order valence-corrected chi connectivity index (χ4v) is 2.75. The van der Waals surface area contributed by atoms with Crippen LogP contribution in [0.3, 0.4) is 0 Å². The number of amides is 1. The number of ether oxygens (including phenoxy) is 1. The summed E-state index contributed by atoms with van der Waals surface area (Å²) in [5.74, 6) is 1.20. The Labute approximate surface area is 135 Å². The van der Waals surface area contributed by atoms with Crippen LogP contribution >= 0.6 is 11.8 Å². The van der Waals surface area contributed by atoms with Crippen LogP contribution in [0, 0.1) is 13.8 Å². The molecule has 0 saturated carbocycles. The van der Waals surface area contributed by atoms with E-state index in [1.165, 1.54) is 17.3 Å². The van der Waals surface area contributed by atoms with Gasteiger partial charge in [0.2, 0.25) is 5.91 Å². The minimum Gasteiger partial charge on any atom is -0.491 e. The average Bonchev–Trinajstić information content (AvgIpc) is 2.88. The van der Waals surface area contributed by atoms with E-state index in [9.17, 15) is 4.79 Å². The van der Waals surface area contributed by atoms with Crippen LogP contribution in [0.15, 0.2) is 35.7 Å². The number of benzene rings is 1. The molecule has 6 heteroatoms. The van der Waals surface area contributed by atoms with Gasteiger partial charge in [-0.15, -0.1) is 0 Å². The van der Waals surface area contributed by atoms with Crippen molar-refractivity contribution >= 4 is 17.7 Å². The predicted octanol–water partition coefficient (Wildman–Crippen LogP) is 2.32. The van der Waals surface area contributed by atoms with Crippen molar-refractivity contribution in [1.29, 1.82) is 0 Å². The average molecular weight is 319 g/mol. The molecule has 0 saturated heterocycles. The van der Waals surface area contributed by atoms with E-state index in [-0.39, 0.29) is 5.91 Å². The highest BCUT2D eigenvalue weighted by Crippen LogP contribution is 2.18. The number of aromatic nitrogens is 2. The summed E-state index contributed by atoms with van der Waals surface area (Å²) >= 11 is 1.42. The molecule has 0 bridgehead atoms. The molecule has 0 radical (unpaired) electrons. The zero-order valence-electron chi connectivity index (χ0n) is 13.1. The van der Waals surface area contributed by atoms with Crippen LogP contribution in [0.25, 0.3) is 0 Å². The minimum absolute atomic E-state index is 0.0165. The van der Waals surface area contributed by atoms with Gasteiger partial charge in [-0.05, 0) is 25.5 Å². The Morgan fingerprint density at radius 2 is 2.23 bits per heavy atom. The van der Waals surface area contributed by atoms with Crippen LogP contribution < -0.4 is 10.1 Å². The molecular formula is C16H21N3O2S. The van der Waals surface area contributed by atoms with Crippen LogP contribution in [0.2, 0.25) is 0 Å². The zero-order chi connectivity index (χ0) is 15.9. The smallest absolute Gasteiger partial charge is 0.230 e. The van der Waals surface area contributed by atoms with Crippen LogP contribution in [0.1, 0.15) is 11.1 Å². The second-order valence-electron chi connectivity index (χ2n) is 5.08. The molecule has 1 N–H and O–H groups in total. The first-order valence-electron chi connectivity index (χ1n) is 7.13. The maximum atomic E-state index is 11.7. The van der Waals surface area contributed by atoms with Gasteiger partial charge < -0.3 is 14.6 Å². The highest BCUT2D eigenvalue weighted by atomic mass is 32.2. The molecule has 0 fully saturated rings. The molecule has 118 valence electrons. The number of aryl methyl sites for hydroxylation is 3. The molecule has 1 heterocycles. The standard InChI is InChI=1S/C16H21N3O2S/c1-12-4-5-14(13(2)10-12)21-9-7-17-15(20)11-22-16-18-6-8-19(16)3/h4-6,8,10H,7,9,11H2,1-3H3,(H,17,20). The van der Waals surface area contributed by atoms with Crippen LogP contribution in [0.4, 0.5) is 0 Å². The molecular weight excluding hydrogens is 298 g/mol. The Hall–Kier alpha value is -1.95. The lowest BCUT2D eigenvalue weighted by Gasteiger charge is -2.10. The molecule has 1 amide bonds. The summed E-state index contributed by atoms with van der Waals surface area (Å²) in [5, 5.41) is 3.68. The van der Waals surface area contributed by atoms with Crippen LogP contribution in [-0.2, 0) is 11.8 Å². The first-order valence-corrected chi connectivity index (χ1v) is 8.11. The molecule has 5 nitrogen and oxygen atoms in total. The number of carbonyl (C=O) groups is 1. The summed E-state index contributed by atoms with van der Waals surface area (Å²) < 4.78 is 7.56. The third-order valence-electron chi connectivity index (χ3n) is 3.12. The van der Waals surface area contributed by atoms with Gasteiger partial charge in [-0.1, -0.05) is 29.5 Å². The van der Waals surface area contributed by atoms with Crippen molar-refractivity contribution in [2.24, 2.45) is 7.05 Å². The number of rotatable bonds is 7. The van der Waals surface area contributed by atoms with Gasteiger partial charge in [0.05, 0.1) is 12.3 Å². The fourth-order valence-electron chi connectivity index (χ4n) is 1.98. The van der Waals surface area contributed by atoms with Crippen molar-refractivity contribution in [3.05, 3.63) is 41.7 Å². The number of hydrogen-bond donors (Lipinski definition) is 1. The highest BCUT2D eigenvalue weighted by Gasteiger charge is 2.06. The maximum absolute atomic E-state index is 11.7. The second-order valence-corrected chi connectivity index (χ2v) is 6.02. The van der Waals surface area contributed by atoms with E-state index in [4.69, 9.17) is 4.74 Å². The van der Waals surface area contributed by atoms with Crippen molar-refractivity contribution in [1.82, 2.24) is 14.9 Å². The lowest BCUT2D eigenvalue weighted by atomic mass is 10.1. The van der Waals surface area contributed by atoms with Crippen molar-refractivity contribution < 1.29 is 9.53 Å². The van der Waals surface area contributed by atoms with E-state index >= 15 is 0 Å². The molecule has 1 aromatic heterocycles. The number of hydrogen-bond acceptors (Lipinski definition) is 4. The van der Waals surface area contributed by atoms with E-state index in [2.05, 4.69) is 23.3 Å². The number of nitrogens with zero attached hydrogens (tertiary/aromatic N) is 2. The fraction of sp³-hybridized carbons (Fsp3) is 0.375. The van der Waals surface area contributed by atoms with Crippen molar-refractivity contribution in [2.75, 3.05) is 18.9 Å². The van der Waals surface area contributed by atoms with Gasteiger partial charge in [0.1, 0.15) is 12.4 Å². The molecule has 22 heavy (non-hydrogen) atoms. The number of carbonyl (C=O) groups excluding carboxylic acids is 1.